The number of thioether (sulfide) groups is 1. The number of benzene rings is 1. The SMILES string of the molecule is CCCNCc1cc(=O)[nH]c(CSc2ccccc2Br)n1. The molecule has 0 fully saturated rings. The fraction of sp³-hybridized carbons (Fsp3) is 0.333. The number of H-pyrrole nitrogens is 1. The Balaban J connectivity index is 2.03. The van der Waals surface area contributed by atoms with Gasteiger partial charge in [-0.25, -0.2) is 4.98 Å². The lowest BCUT2D eigenvalue weighted by atomic mass is 10.3. The molecule has 0 saturated carbocycles. The summed E-state index contributed by atoms with van der Waals surface area (Å²) < 4.78 is 1.05. The molecule has 4 nitrogen and oxygen atoms in total. The van der Waals surface area contributed by atoms with Gasteiger partial charge in [-0.3, -0.25) is 4.79 Å². The number of hydrogen-bond donors (Lipinski definition) is 2. The minimum Gasteiger partial charge on any atom is -0.311 e. The first-order chi connectivity index (χ1) is 10.2. The zero-order valence-electron chi connectivity index (χ0n) is 11.9. The largest absolute Gasteiger partial charge is 0.311 e. The van der Waals surface area contributed by atoms with Gasteiger partial charge in [-0.2, -0.15) is 0 Å². The molecule has 0 aliphatic carbocycles. The van der Waals surface area contributed by atoms with Gasteiger partial charge in [-0.05, 0) is 41.0 Å². The number of aromatic amines is 1. The molecule has 112 valence electrons. The maximum Gasteiger partial charge on any atom is 0.251 e. The molecule has 0 unspecified atom stereocenters. The number of rotatable bonds is 7. The molecular formula is C15H18BrN3OS. The first kappa shape index (κ1) is 16.3. The van der Waals surface area contributed by atoms with Crippen LogP contribution in [0.1, 0.15) is 24.9 Å². The van der Waals surface area contributed by atoms with Crippen LogP contribution < -0.4 is 10.9 Å². The minimum absolute atomic E-state index is 0.0963. The van der Waals surface area contributed by atoms with E-state index in [-0.39, 0.29) is 5.56 Å². The monoisotopic (exact) mass is 367 g/mol. The van der Waals surface area contributed by atoms with Gasteiger partial charge in [-0.1, -0.05) is 19.1 Å². The molecule has 2 N–H and O–H groups in total. The summed E-state index contributed by atoms with van der Waals surface area (Å²) in [6.45, 7) is 3.66. The van der Waals surface area contributed by atoms with Gasteiger partial charge in [-0.15, -0.1) is 11.8 Å². The van der Waals surface area contributed by atoms with Crippen LogP contribution in [0.5, 0.6) is 0 Å². The third-order valence-electron chi connectivity index (χ3n) is 2.78. The Morgan fingerprint density at radius 2 is 2.19 bits per heavy atom. The third-order valence-corrected chi connectivity index (χ3v) is 4.82. The van der Waals surface area contributed by atoms with E-state index in [1.165, 1.54) is 0 Å². The maximum atomic E-state index is 11.7. The summed E-state index contributed by atoms with van der Waals surface area (Å²) in [4.78, 5) is 20.1. The van der Waals surface area contributed by atoms with E-state index in [1.807, 2.05) is 24.3 Å². The van der Waals surface area contributed by atoms with E-state index < -0.39 is 0 Å². The Morgan fingerprint density at radius 1 is 1.38 bits per heavy atom. The smallest absolute Gasteiger partial charge is 0.251 e. The number of halogens is 1. The zero-order valence-corrected chi connectivity index (χ0v) is 14.3. The van der Waals surface area contributed by atoms with Crippen molar-refractivity contribution in [3.8, 4) is 0 Å². The minimum atomic E-state index is -0.0963. The van der Waals surface area contributed by atoms with Crippen molar-refractivity contribution in [3.63, 3.8) is 0 Å². The van der Waals surface area contributed by atoms with Gasteiger partial charge < -0.3 is 10.3 Å². The third kappa shape index (κ3) is 5.30. The fourth-order valence-corrected chi connectivity index (χ4v) is 3.26. The zero-order chi connectivity index (χ0) is 15.1. The Kier molecular flexibility index (Phi) is 6.48. The maximum absolute atomic E-state index is 11.7. The van der Waals surface area contributed by atoms with Crippen molar-refractivity contribution < 1.29 is 0 Å². The Labute approximate surface area is 136 Å². The van der Waals surface area contributed by atoms with Crippen LogP contribution in [-0.2, 0) is 12.3 Å². The van der Waals surface area contributed by atoms with Crippen LogP contribution in [0.2, 0.25) is 0 Å². The summed E-state index contributed by atoms with van der Waals surface area (Å²) in [5.41, 5.74) is 0.691. The first-order valence-corrected chi connectivity index (χ1v) is 8.64. The summed E-state index contributed by atoms with van der Waals surface area (Å²) in [6, 6.07) is 9.57. The summed E-state index contributed by atoms with van der Waals surface area (Å²) in [6.07, 6.45) is 1.06. The topological polar surface area (TPSA) is 57.8 Å². The van der Waals surface area contributed by atoms with Gasteiger partial charge in [0.2, 0.25) is 0 Å². The lowest BCUT2D eigenvalue weighted by Crippen LogP contribution is -2.19. The molecule has 0 bridgehead atoms. The van der Waals surface area contributed by atoms with Crippen molar-refractivity contribution in [1.29, 1.82) is 0 Å². The lowest BCUT2D eigenvalue weighted by Gasteiger charge is -2.06. The average Bonchev–Trinajstić information content (AvgIpc) is 2.46. The van der Waals surface area contributed by atoms with Gasteiger partial charge in [0.1, 0.15) is 5.82 Å². The van der Waals surface area contributed by atoms with Crippen molar-refractivity contribution in [2.24, 2.45) is 0 Å². The lowest BCUT2D eigenvalue weighted by molar-refractivity contribution is 0.659. The van der Waals surface area contributed by atoms with E-state index in [0.717, 1.165) is 28.0 Å². The van der Waals surface area contributed by atoms with E-state index in [1.54, 1.807) is 17.8 Å². The molecule has 6 heteroatoms. The second kappa shape index (κ2) is 8.36. The quantitative estimate of drug-likeness (QED) is 0.582. The van der Waals surface area contributed by atoms with Crippen LogP contribution in [0, 0.1) is 0 Å². The van der Waals surface area contributed by atoms with Gasteiger partial charge >= 0.3 is 0 Å². The molecule has 0 amide bonds. The van der Waals surface area contributed by atoms with Crippen molar-refractivity contribution in [2.75, 3.05) is 6.54 Å². The summed E-state index contributed by atoms with van der Waals surface area (Å²) in [5.74, 6) is 1.34. The fourth-order valence-electron chi connectivity index (χ4n) is 1.82. The molecule has 0 saturated heterocycles. The van der Waals surface area contributed by atoms with Crippen LogP contribution in [-0.4, -0.2) is 16.5 Å². The van der Waals surface area contributed by atoms with E-state index >= 15 is 0 Å². The predicted molar refractivity (Wildman–Crippen MR) is 90.6 cm³/mol. The standard InChI is InChI=1S/C15H18BrN3OS/c1-2-7-17-9-11-8-15(20)19-14(18-11)10-21-13-6-4-3-5-12(13)16/h3-6,8,17H,2,7,9-10H2,1H3,(H,18,19,20). The van der Waals surface area contributed by atoms with Gasteiger partial charge in [0, 0.05) is 22.0 Å². The Hall–Kier alpha value is -1.11. The summed E-state index contributed by atoms with van der Waals surface area (Å²) >= 11 is 5.16. The number of hydrogen-bond acceptors (Lipinski definition) is 4. The van der Waals surface area contributed by atoms with E-state index in [2.05, 4.69) is 38.1 Å². The molecule has 0 atom stereocenters. The highest BCUT2D eigenvalue weighted by molar-refractivity contribution is 9.10. The van der Waals surface area contributed by atoms with Crippen molar-refractivity contribution >= 4 is 27.7 Å². The Morgan fingerprint density at radius 3 is 2.95 bits per heavy atom. The molecule has 21 heavy (non-hydrogen) atoms. The molecule has 2 aromatic rings. The average molecular weight is 368 g/mol. The van der Waals surface area contributed by atoms with Crippen molar-refractivity contribution in [3.05, 3.63) is 56.7 Å². The second-order valence-corrected chi connectivity index (χ2v) is 6.45. The predicted octanol–water partition coefficient (Wildman–Crippen LogP) is 3.32. The highest BCUT2D eigenvalue weighted by Crippen LogP contribution is 2.28. The van der Waals surface area contributed by atoms with E-state index in [4.69, 9.17) is 0 Å². The number of aromatic nitrogens is 2. The van der Waals surface area contributed by atoms with Gasteiger partial charge in [0.05, 0.1) is 11.4 Å². The molecule has 0 aliphatic heterocycles. The number of nitrogens with zero attached hydrogens (tertiary/aromatic N) is 1. The molecule has 1 aromatic carbocycles. The summed E-state index contributed by atoms with van der Waals surface area (Å²) in [7, 11) is 0. The highest BCUT2D eigenvalue weighted by Gasteiger charge is 2.04. The molecule has 1 heterocycles. The first-order valence-electron chi connectivity index (χ1n) is 6.86. The molecule has 1 aromatic heterocycles. The number of nitrogens with one attached hydrogen (secondary N) is 2. The van der Waals surface area contributed by atoms with E-state index in [9.17, 15) is 4.79 Å². The van der Waals surface area contributed by atoms with Crippen LogP contribution in [0.25, 0.3) is 0 Å². The van der Waals surface area contributed by atoms with Crippen LogP contribution in [0.15, 0.2) is 44.5 Å². The normalized spacial score (nSPS) is 10.8. The summed E-state index contributed by atoms with van der Waals surface area (Å²) in [5, 5.41) is 3.26. The molecular weight excluding hydrogens is 350 g/mol. The van der Waals surface area contributed by atoms with Crippen molar-refractivity contribution in [1.82, 2.24) is 15.3 Å². The van der Waals surface area contributed by atoms with Crippen LogP contribution in [0.4, 0.5) is 0 Å². The Bertz CT molecular complexity index is 645. The molecule has 0 radical (unpaired) electrons. The van der Waals surface area contributed by atoms with Gasteiger partial charge in [0.15, 0.2) is 0 Å². The van der Waals surface area contributed by atoms with Crippen molar-refractivity contribution in [2.45, 2.75) is 30.5 Å². The molecule has 0 aliphatic rings. The van der Waals surface area contributed by atoms with Crippen LogP contribution in [0.3, 0.4) is 0 Å². The van der Waals surface area contributed by atoms with Gasteiger partial charge in [0.25, 0.3) is 5.56 Å². The second-order valence-electron chi connectivity index (χ2n) is 4.58. The highest BCUT2D eigenvalue weighted by atomic mass is 79.9. The van der Waals surface area contributed by atoms with Crippen LogP contribution >= 0.6 is 27.7 Å². The molecule has 2 rings (SSSR count). The molecule has 0 spiro atoms. The van der Waals surface area contributed by atoms with E-state index in [0.29, 0.717) is 18.1 Å².